The van der Waals surface area contributed by atoms with Gasteiger partial charge >= 0.3 is 0 Å². The van der Waals surface area contributed by atoms with Gasteiger partial charge in [-0.25, -0.2) is 0 Å². The molecule has 0 saturated carbocycles. The van der Waals surface area contributed by atoms with Gasteiger partial charge in [0, 0.05) is 30.7 Å². The van der Waals surface area contributed by atoms with Crippen LogP contribution in [0.1, 0.15) is 16.1 Å². The van der Waals surface area contributed by atoms with E-state index in [0.29, 0.717) is 5.69 Å². The largest absolute Gasteiger partial charge is 0.320 e. The predicted molar refractivity (Wildman–Crippen MR) is 85.6 cm³/mol. The highest BCUT2D eigenvalue weighted by Crippen LogP contribution is 2.19. The first-order valence-corrected chi connectivity index (χ1v) is 6.95. The number of carbonyl (C=O) groups excluding carboxylic acids is 1. The number of hydrogen-bond acceptors (Lipinski definition) is 3. The Balaban J connectivity index is 1.86. The number of carbonyl (C=O) groups is 1. The minimum atomic E-state index is -0.222. The van der Waals surface area contributed by atoms with E-state index in [1.54, 1.807) is 23.1 Å². The predicted octanol–water partition coefficient (Wildman–Crippen LogP) is 3.04. The molecule has 0 aliphatic heterocycles. The van der Waals surface area contributed by atoms with E-state index < -0.39 is 0 Å². The number of aryl methyl sites for hydroxylation is 2. The first-order chi connectivity index (χ1) is 10.6. The SMILES string of the molecule is Cc1ccccc1NC(=O)c1cc(-c2cnn(C)c2)ccn1. The summed E-state index contributed by atoms with van der Waals surface area (Å²) in [5.41, 5.74) is 4.05. The minimum absolute atomic E-state index is 0.222. The quantitative estimate of drug-likeness (QED) is 0.807. The summed E-state index contributed by atoms with van der Waals surface area (Å²) in [7, 11) is 1.86. The average Bonchev–Trinajstić information content (AvgIpc) is 2.96. The van der Waals surface area contributed by atoms with Crippen LogP contribution in [0.4, 0.5) is 5.69 Å². The van der Waals surface area contributed by atoms with Gasteiger partial charge in [0.2, 0.25) is 0 Å². The zero-order chi connectivity index (χ0) is 15.5. The first kappa shape index (κ1) is 14.0. The summed E-state index contributed by atoms with van der Waals surface area (Å²) in [5, 5.41) is 7.03. The van der Waals surface area contributed by atoms with E-state index in [1.807, 2.05) is 50.5 Å². The second kappa shape index (κ2) is 5.81. The molecule has 2 aromatic heterocycles. The van der Waals surface area contributed by atoms with E-state index in [0.717, 1.165) is 22.4 Å². The van der Waals surface area contributed by atoms with Crippen LogP contribution in [0.5, 0.6) is 0 Å². The number of nitrogens with one attached hydrogen (secondary N) is 1. The molecule has 0 saturated heterocycles. The van der Waals surface area contributed by atoms with Crippen molar-refractivity contribution in [1.29, 1.82) is 0 Å². The molecule has 0 bridgehead atoms. The summed E-state index contributed by atoms with van der Waals surface area (Å²) < 4.78 is 1.73. The molecule has 5 heteroatoms. The molecule has 1 amide bonds. The van der Waals surface area contributed by atoms with Crippen LogP contribution in [0.2, 0.25) is 0 Å². The lowest BCUT2D eigenvalue weighted by Gasteiger charge is -2.08. The highest BCUT2D eigenvalue weighted by atomic mass is 16.1. The summed E-state index contributed by atoms with van der Waals surface area (Å²) in [4.78, 5) is 16.5. The van der Waals surface area contributed by atoms with Gasteiger partial charge in [0.15, 0.2) is 0 Å². The summed E-state index contributed by atoms with van der Waals surface area (Å²) in [6, 6.07) is 11.3. The highest BCUT2D eigenvalue weighted by Gasteiger charge is 2.10. The molecule has 0 atom stereocenters. The van der Waals surface area contributed by atoms with Gasteiger partial charge in [-0.2, -0.15) is 5.10 Å². The third-order valence-electron chi connectivity index (χ3n) is 3.42. The highest BCUT2D eigenvalue weighted by molar-refractivity contribution is 6.03. The number of para-hydroxylation sites is 1. The fraction of sp³-hybridized carbons (Fsp3) is 0.118. The van der Waals surface area contributed by atoms with Crippen LogP contribution in [0.25, 0.3) is 11.1 Å². The summed E-state index contributed by atoms with van der Waals surface area (Å²) in [5.74, 6) is -0.222. The number of pyridine rings is 1. The third-order valence-corrected chi connectivity index (χ3v) is 3.42. The topological polar surface area (TPSA) is 59.8 Å². The van der Waals surface area contributed by atoms with Gasteiger partial charge < -0.3 is 5.32 Å². The Morgan fingerprint density at radius 1 is 1.18 bits per heavy atom. The Morgan fingerprint density at radius 3 is 2.73 bits per heavy atom. The zero-order valence-electron chi connectivity index (χ0n) is 12.4. The van der Waals surface area contributed by atoms with Crippen molar-refractivity contribution in [3.05, 3.63) is 66.2 Å². The smallest absolute Gasteiger partial charge is 0.274 e. The molecule has 1 N–H and O–H groups in total. The molecule has 3 aromatic rings. The molecule has 1 aromatic carbocycles. The summed E-state index contributed by atoms with van der Waals surface area (Å²) >= 11 is 0. The van der Waals surface area contributed by atoms with Crippen LogP contribution >= 0.6 is 0 Å². The number of nitrogens with zero attached hydrogens (tertiary/aromatic N) is 3. The van der Waals surface area contributed by atoms with Crippen LogP contribution in [0.3, 0.4) is 0 Å². The van der Waals surface area contributed by atoms with Gasteiger partial charge in [-0.05, 0) is 36.2 Å². The van der Waals surface area contributed by atoms with E-state index in [9.17, 15) is 4.79 Å². The molecule has 0 aliphatic carbocycles. The Labute approximate surface area is 128 Å². The van der Waals surface area contributed by atoms with Crippen molar-refractivity contribution < 1.29 is 4.79 Å². The lowest BCUT2D eigenvalue weighted by atomic mass is 10.1. The average molecular weight is 292 g/mol. The van der Waals surface area contributed by atoms with Gasteiger partial charge in [-0.1, -0.05) is 18.2 Å². The lowest BCUT2D eigenvalue weighted by Crippen LogP contribution is -2.14. The van der Waals surface area contributed by atoms with Gasteiger partial charge in [-0.15, -0.1) is 0 Å². The van der Waals surface area contributed by atoms with Crippen molar-refractivity contribution in [2.45, 2.75) is 6.92 Å². The second-order valence-electron chi connectivity index (χ2n) is 5.10. The standard InChI is InChI=1S/C17H16N4O/c1-12-5-3-4-6-15(12)20-17(22)16-9-13(7-8-18-16)14-10-19-21(2)11-14/h3-11H,1-2H3,(H,20,22). The molecule has 0 fully saturated rings. The van der Waals surface area contributed by atoms with Crippen molar-refractivity contribution in [2.75, 3.05) is 5.32 Å². The molecule has 0 spiro atoms. The zero-order valence-corrected chi connectivity index (χ0v) is 12.4. The van der Waals surface area contributed by atoms with Gasteiger partial charge in [0.1, 0.15) is 5.69 Å². The van der Waals surface area contributed by atoms with Crippen LogP contribution in [-0.4, -0.2) is 20.7 Å². The maximum atomic E-state index is 12.4. The molecular weight excluding hydrogens is 276 g/mol. The number of benzene rings is 1. The van der Waals surface area contributed by atoms with Crippen molar-refractivity contribution >= 4 is 11.6 Å². The number of amides is 1. The number of aromatic nitrogens is 3. The van der Waals surface area contributed by atoms with Crippen LogP contribution in [-0.2, 0) is 7.05 Å². The molecule has 22 heavy (non-hydrogen) atoms. The first-order valence-electron chi connectivity index (χ1n) is 6.95. The van der Waals surface area contributed by atoms with Crippen molar-refractivity contribution in [3.8, 4) is 11.1 Å². The molecule has 5 nitrogen and oxygen atoms in total. The Kier molecular flexibility index (Phi) is 3.70. The second-order valence-corrected chi connectivity index (χ2v) is 5.10. The van der Waals surface area contributed by atoms with Crippen molar-refractivity contribution in [2.24, 2.45) is 7.05 Å². The monoisotopic (exact) mass is 292 g/mol. The van der Waals surface area contributed by atoms with Crippen LogP contribution in [0.15, 0.2) is 55.0 Å². The number of anilines is 1. The molecule has 0 unspecified atom stereocenters. The summed E-state index contributed by atoms with van der Waals surface area (Å²) in [6.07, 6.45) is 5.30. The van der Waals surface area contributed by atoms with Crippen molar-refractivity contribution in [1.82, 2.24) is 14.8 Å². The summed E-state index contributed by atoms with van der Waals surface area (Å²) in [6.45, 7) is 1.95. The maximum Gasteiger partial charge on any atom is 0.274 e. The molecular formula is C17H16N4O. The fourth-order valence-corrected chi connectivity index (χ4v) is 2.20. The van der Waals surface area contributed by atoms with E-state index in [2.05, 4.69) is 15.4 Å². The molecule has 0 aliphatic rings. The minimum Gasteiger partial charge on any atom is -0.320 e. The van der Waals surface area contributed by atoms with Gasteiger partial charge in [0.25, 0.3) is 5.91 Å². The Morgan fingerprint density at radius 2 is 2.00 bits per heavy atom. The van der Waals surface area contributed by atoms with E-state index >= 15 is 0 Å². The van der Waals surface area contributed by atoms with E-state index in [-0.39, 0.29) is 5.91 Å². The van der Waals surface area contributed by atoms with Crippen LogP contribution < -0.4 is 5.32 Å². The normalized spacial score (nSPS) is 10.5. The maximum absolute atomic E-state index is 12.4. The third kappa shape index (κ3) is 2.88. The number of hydrogen-bond donors (Lipinski definition) is 1. The van der Waals surface area contributed by atoms with Gasteiger partial charge in [0.05, 0.1) is 6.20 Å². The molecule has 3 rings (SSSR count). The lowest BCUT2D eigenvalue weighted by molar-refractivity contribution is 0.102. The van der Waals surface area contributed by atoms with Crippen LogP contribution in [0, 0.1) is 6.92 Å². The van der Waals surface area contributed by atoms with Gasteiger partial charge in [-0.3, -0.25) is 14.5 Å². The molecule has 2 heterocycles. The Hall–Kier alpha value is -2.95. The fourth-order valence-electron chi connectivity index (χ4n) is 2.20. The Bertz CT molecular complexity index is 823. The number of rotatable bonds is 3. The van der Waals surface area contributed by atoms with Crippen molar-refractivity contribution in [3.63, 3.8) is 0 Å². The van der Waals surface area contributed by atoms with E-state index in [4.69, 9.17) is 0 Å². The molecule has 0 radical (unpaired) electrons. The molecule has 110 valence electrons. The van der Waals surface area contributed by atoms with E-state index in [1.165, 1.54) is 0 Å².